The molecule has 6 heteroatoms. The topological polar surface area (TPSA) is 63.7 Å². The van der Waals surface area contributed by atoms with Crippen LogP contribution in [0.4, 0.5) is 5.82 Å². The van der Waals surface area contributed by atoms with Gasteiger partial charge in [-0.25, -0.2) is 4.98 Å². The zero-order valence-electron chi connectivity index (χ0n) is 14.4. The summed E-state index contributed by atoms with van der Waals surface area (Å²) in [4.78, 5) is 18.8. The number of benzene rings is 1. The zero-order valence-corrected chi connectivity index (χ0v) is 14.4. The zero-order chi connectivity index (χ0) is 17.5. The van der Waals surface area contributed by atoms with Gasteiger partial charge in [0.25, 0.3) is 0 Å². The molecule has 0 atom stereocenters. The molecule has 1 aromatic heterocycles. The SMILES string of the molecule is COc1cccc(CC(=O)NCc2ccnc(N3CCOCC3)c2)c1. The number of rotatable bonds is 6. The van der Waals surface area contributed by atoms with E-state index in [9.17, 15) is 4.79 Å². The molecule has 1 aliphatic rings. The molecule has 1 amide bonds. The normalized spacial score (nSPS) is 14.2. The van der Waals surface area contributed by atoms with Crippen LogP contribution in [0.5, 0.6) is 5.75 Å². The summed E-state index contributed by atoms with van der Waals surface area (Å²) in [6, 6.07) is 11.5. The summed E-state index contributed by atoms with van der Waals surface area (Å²) in [5, 5.41) is 2.96. The minimum Gasteiger partial charge on any atom is -0.497 e. The van der Waals surface area contributed by atoms with Crippen molar-refractivity contribution in [3.05, 3.63) is 53.7 Å². The Morgan fingerprint density at radius 1 is 1.24 bits per heavy atom. The maximum absolute atomic E-state index is 12.2. The first-order valence-electron chi connectivity index (χ1n) is 8.42. The fraction of sp³-hybridized carbons (Fsp3) is 0.368. The van der Waals surface area contributed by atoms with Gasteiger partial charge < -0.3 is 19.7 Å². The van der Waals surface area contributed by atoms with Gasteiger partial charge in [0.05, 0.1) is 26.7 Å². The van der Waals surface area contributed by atoms with Gasteiger partial charge in [-0.15, -0.1) is 0 Å². The summed E-state index contributed by atoms with van der Waals surface area (Å²) in [6.07, 6.45) is 2.12. The summed E-state index contributed by atoms with van der Waals surface area (Å²) in [6.45, 7) is 3.63. The van der Waals surface area contributed by atoms with E-state index in [1.165, 1.54) is 0 Å². The first kappa shape index (κ1) is 17.2. The van der Waals surface area contributed by atoms with E-state index >= 15 is 0 Å². The Morgan fingerprint density at radius 3 is 2.88 bits per heavy atom. The largest absolute Gasteiger partial charge is 0.497 e. The lowest BCUT2D eigenvalue weighted by atomic mass is 10.1. The molecule has 0 aliphatic carbocycles. The monoisotopic (exact) mass is 341 g/mol. The molecule has 0 unspecified atom stereocenters. The Hall–Kier alpha value is -2.60. The van der Waals surface area contributed by atoms with Crippen LogP contribution in [0.25, 0.3) is 0 Å². The van der Waals surface area contributed by atoms with E-state index in [1.54, 1.807) is 13.3 Å². The van der Waals surface area contributed by atoms with Crippen LogP contribution in [0.15, 0.2) is 42.6 Å². The quantitative estimate of drug-likeness (QED) is 0.868. The Balaban J connectivity index is 1.54. The Morgan fingerprint density at radius 2 is 2.08 bits per heavy atom. The first-order chi connectivity index (χ1) is 12.2. The second-order valence-electron chi connectivity index (χ2n) is 5.93. The molecule has 0 spiro atoms. The van der Waals surface area contributed by atoms with Gasteiger partial charge in [0.1, 0.15) is 11.6 Å². The number of pyridine rings is 1. The van der Waals surface area contributed by atoms with Crippen LogP contribution < -0.4 is 15.0 Å². The lowest BCUT2D eigenvalue weighted by molar-refractivity contribution is -0.120. The second kappa shape index (κ2) is 8.48. The Bertz CT molecular complexity index is 715. The predicted octanol–water partition coefficient (Wildman–Crippen LogP) is 1.79. The molecule has 25 heavy (non-hydrogen) atoms. The Kier molecular flexibility index (Phi) is 5.85. The number of anilines is 1. The number of carbonyl (C=O) groups is 1. The number of carbonyl (C=O) groups excluding carboxylic acids is 1. The van der Waals surface area contributed by atoms with Crippen molar-refractivity contribution >= 4 is 11.7 Å². The molecule has 132 valence electrons. The number of amides is 1. The number of nitrogens with one attached hydrogen (secondary N) is 1. The van der Waals surface area contributed by atoms with Crippen LogP contribution in [0, 0.1) is 0 Å². The van der Waals surface area contributed by atoms with Crippen molar-refractivity contribution in [2.24, 2.45) is 0 Å². The van der Waals surface area contributed by atoms with Crippen LogP contribution in [-0.4, -0.2) is 44.3 Å². The van der Waals surface area contributed by atoms with Crippen LogP contribution in [0.3, 0.4) is 0 Å². The fourth-order valence-electron chi connectivity index (χ4n) is 2.77. The van der Waals surface area contributed by atoms with E-state index in [2.05, 4.69) is 15.2 Å². The average molecular weight is 341 g/mol. The van der Waals surface area contributed by atoms with Crippen molar-refractivity contribution < 1.29 is 14.3 Å². The number of hydrogen-bond donors (Lipinski definition) is 1. The molecule has 6 nitrogen and oxygen atoms in total. The van der Waals surface area contributed by atoms with Gasteiger partial charge in [0.2, 0.25) is 5.91 Å². The summed E-state index contributed by atoms with van der Waals surface area (Å²) >= 11 is 0. The van der Waals surface area contributed by atoms with Crippen molar-refractivity contribution in [2.75, 3.05) is 38.3 Å². The summed E-state index contributed by atoms with van der Waals surface area (Å²) in [7, 11) is 1.62. The van der Waals surface area contributed by atoms with Gasteiger partial charge in [0.15, 0.2) is 0 Å². The average Bonchev–Trinajstić information content (AvgIpc) is 2.67. The molecule has 0 saturated carbocycles. The van der Waals surface area contributed by atoms with Gasteiger partial charge in [-0.2, -0.15) is 0 Å². The third kappa shape index (κ3) is 4.93. The second-order valence-corrected chi connectivity index (χ2v) is 5.93. The van der Waals surface area contributed by atoms with Crippen LogP contribution in [0.1, 0.15) is 11.1 Å². The summed E-state index contributed by atoms with van der Waals surface area (Å²) < 4.78 is 10.6. The molecular formula is C19H23N3O3. The van der Waals surface area contributed by atoms with Crippen molar-refractivity contribution in [2.45, 2.75) is 13.0 Å². The Labute approximate surface area is 147 Å². The van der Waals surface area contributed by atoms with Crippen LogP contribution >= 0.6 is 0 Å². The highest BCUT2D eigenvalue weighted by Gasteiger charge is 2.12. The summed E-state index contributed by atoms with van der Waals surface area (Å²) in [5.41, 5.74) is 1.97. The number of morpholine rings is 1. The van der Waals surface area contributed by atoms with E-state index in [-0.39, 0.29) is 5.91 Å². The fourth-order valence-corrected chi connectivity index (χ4v) is 2.77. The molecule has 1 aromatic carbocycles. The van der Waals surface area contributed by atoms with Crippen molar-refractivity contribution in [1.82, 2.24) is 10.3 Å². The van der Waals surface area contributed by atoms with Gasteiger partial charge in [0, 0.05) is 25.8 Å². The molecule has 2 heterocycles. The van der Waals surface area contributed by atoms with E-state index in [1.807, 2.05) is 36.4 Å². The van der Waals surface area contributed by atoms with Crippen LogP contribution in [-0.2, 0) is 22.5 Å². The minimum absolute atomic E-state index is 0.0158. The molecule has 0 bridgehead atoms. The first-order valence-corrected chi connectivity index (χ1v) is 8.42. The van der Waals surface area contributed by atoms with Gasteiger partial charge >= 0.3 is 0 Å². The lowest BCUT2D eigenvalue weighted by Gasteiger charge is -2.28. The van der Waals surface area contributed by atoms with Crippen molar-refractivity contribution in [3.8, 4) is 5.75 Å². The number of ether oxygens (including phenoxy) is 2. The van der Waals surface area contributed by atoms with E-state index in [4.69, 9.17) is 9.47 Å². The maximum atomic E-state index is 12.2. The van der Waals surface area contributed by atoms with Crippen molar-refractivity contribution in [3.63, 3.8) is 0 Å². The third-order valence-electron chi connectivity index (χ3n) is 4.13. The van der Waals surface area contributed by atoms with Gasteiger partial charge in [-0.05, 0) is 35.4 Å². The maximum Gasteiger partial charge on any atom is 0.224 e. The summed E-state index contributed by atoms with van der Waals surface area (Å²) in [5.74, 6) is 1.68. The minimum atomic E-state index is -0.0158. The van der Waals surface area contributed by atoms with Gasteiger partial charge in [-0.1, -0.05) is 12.1 Å². The number of aromatic nitrogens is 1. The van der Waals surface area contributed by atoms with Crippen LogP contribution in [0.2, 0.25) is 0 Å². The molecule has 3 rings (SSSR count). The molecule has 1 aliphatic heterocycles. The number of methoxy groups -OCH3 is 1. The molecule has 2 aromatic rings. The molecule has 0 radical (unpaired) electrons. The molecule has 1 N–H and O–H groups in total. The highest BCUT2D eigenvalue weighted by molar-refractivity contribution is 5.78. The third-order valence-corrected chi connectivity index (χ3v) is 4.13. The highest BCUT2D eigenvalue weighted by atomic mass is 16.5. The molecular weight excluding hydrogens is 318 g/mol. The smallest absolute Gasteiger partial charge is 0.224 e. The van der Waals surface area contributed by atoms with Gasteiger partial charge in [-0.3, -0.25) is 4.79 Å². The lowest BCUT2D eigenvalue weighted by Crippen LogP contribution is -2.36. The molecule has 1 saturated heterocycles. The van der Waals surface area contributed by atoms with Crippen molar-refractivity contribution in [1.29, 1.82) is 0 Å². The number of nitrogens with zero attached hydrogens (tertiary/aromatic N) is 2. The molecule has 1 fully saturated rings. The predicted molar refractivity (Wildman–Crippen MR) is 95.8 cm³/mol. The van der Waals surface area contributed by atoms with E-state index in [0.29, 0.717) is 13.0 Å². The van der Waals surface area contributed by atoms with E-state index in [0.717, 1.165) is 49.0 Å². The highest BCUT2D eigenvalue weighted by Crippen LogP contribution is 2.15. The van der Waals surface area contributed by atoms with E-state index < -0.39 is 0 Å². The standard InChI is InChI=1S/C19H23N3O3/c1-24-17-4-2-3-15(11-17)13-19(23)21-14-16-5-6-20-18(12-16)22-7-9-25-10-8-22/h2-6,11-12H,7-10,13-14H2,1H3,(H,21,23). The number of hydrogen-bond acceptors (Lipinski definition) is 5.